The van der Waals surface area contributed by atoms with Gasteiger partial charge in [0.25, 0.3) is 0 Å². The minimum Gasteiger partial charge on any atom is -0.294 e. The second-order valence-electron chi connectivity index (χ2n) is 5.40. The summed E-state index contributed by atoms with van der Waals surface area (Å²) in [5.74, 6) is 0. The van der Waals surface area contributed by atoms with Gasteiger partial charge < -0.3 is 0 Å². The van der Waals surface area contributed by atoms with E-state index in [1.165, 1.54) is 22.3 Å². The van der Waals surface area contributed by atoms with Crippen LogP contribution < -0.4 is 0 Å². The number of aryl methyl sites for hydroxylation is 2. The summed E-state index contributed by atoms with van der Waals surface area (Å²) in [6.45, 7) is 6.72. The third kappa shape index (κ3) is 4.70. The molecule has 0 aliphatic heterocycles. The van der Waals surface area contributed by atoms with E-state index in [9.17, 15) is 0 Å². The number of pyridine rings is 1. The Bertz CT molecular complexity index is 614. The first-order valence-electron chi connectivity index (χ1n) is 7.23. The molecule has 0 N–H and O–H groups in total. The van der Waals surface area contributed by atoms with Crippen molar-refractivity contribution in [3.8, 4) is 6.07 Å². The highest BCUT2D eigenvalue weighted by molar-refractivity contribution is 5.29. The quantitative estimate of drug-likeness (QED) is 0.811. The molecule has 0 aliphatic rings. The van der Waals surface area contributed by atoms with Crippen LogP contribution >= 0.6 is 0 Å². The fourth-order valence-electron chi connectivity index (χ4n) is 2.33. The minimum absolute atomic E-state index is 0.547. The zero-order valence-electron chi connectivity index (χ0n) is 12.7. The maximum atomic E-state index is 8.84. The molecule has 0 spiro atoms. The highest BCUT2D eigenvalue weighted by Gasteiger charge is 2.08. The van der Waals surface area contributed by atoms with Crippen molar-refractivity contribution in [1.29, 1.82) is 5.26 Å². The molecule has 2 rings (SSSR count). The van der Waals surface area contributed by atoms with Crippen LogP contribution in [0.2, 0.25) is 0 Å². The third-order valence-corrected chi connectivity index (χ3v) is 3.65. The molecule has 2 aromatic rings. The summed E-state index contributed by atoms with van der Waals surface area (Å²) in [6, 6.07) is 12.8. The summed E-state index contributed by atoms with van der Waals surface area (Å²) < 4.78 is 0. The lowest BCUT2D eigenvalue weighted by Crippen LogP contribution is -2.24. The number of rotatable bonds is 6. The van der Waals surface area contributed by atoms with Gasteiger partial charge in [-0.1, -0.05) is 24.3 Å². The minimum atomic E-state index is 0.547. The highest BCUT2D eigenvalue weighted by atomic mass is 15.1. The normalized spacial score (nSPS) is 10.6. The van der Waals surface area contributed by atoms with Gasteiger partial charge in [-0.3, -0.25) is 9.88 Å². The van der Waals surface area contributed by atoms with Crippen molar-refractivity contribution in [2.24, 2.45) is 0 Å². The monoisotopic (exact) mass is 279 g/mol. The van der Waals surface area contributed by atoms with Crippen molar-refractivity contribution < 1.29 is 0 Å². The maximum Gasteiger partial charge on any atom is 0.0635 e. The first-order chi connectivity index (χ1) is 10.2. The maximum absolute atomic E-state index is 8.84. The van der Waals surface area contributed by atoms with E-state index in [4.69, 9.17) is 5.26 Å². The summed E-state index contributed by atoms with van der Waals surface area (Å²) in [5.41, 5.74) is 5.10. The third-order valence-electron chi connectivity index (χ3n) is 3.65. The molecule has 21 heavy (non-hydrogen) atoms. The molecule has 0 radical (unpaired) electrons. The van der Waals surface area contributed by atoms with Crippen LogP contribution in [0.1, 0.15) is 28.7 Å². The molecule has 108 valence electrons. The largest absolute Gasteiger partial charge is 0.294 e. The molecule has 3 nitrogen and oxygen atoms in total. The fourth-order valence-corrected chi connectivity index (χ4v) is 2.33. The lowest BCUT2D eigenvalue weighted by atomic mass is 10.1. The number of hydrogen-bond acceptors (Lipinski definition) is 3. The zero-order chi connectivity index (χ0) is 15.1. The Labute approximate surface area is 126 Å². The van der Waals surface area contributed by atoms with Crippen molar-refractivity contribution in [3.63, 3.8) is 0 Å². The second-order valence-corrected chi connectivity index (χ2v) is 5.40. The molecule has 3 heteroatoms. The molecule has 0 aliphatic carbocycles. The molecular formula is C18H21N3. The van der Waals surface area contributed by atoms with Crippen LogP contribution in [0.15, 0.2) is 42.7 Å². The number of hydrogen-bond donors (Lipinski definition) is 0. The van der Waals surface area contributed by atoms with E-state index in [1.807, 2.05) is 12.3 Å². The van der Waals surface area contributed by atoms with Gasteiger partial charge in [-0.2, -0.15) is 5.26 Å². The van der Waals surface area contributed by atoms with Crippen LogP contribution in [-0.2, 0) is 13.1 Å². The summed E-state index contributed by atoms with van der Waals surface area (Å²) in [7, 11) is 0. The second kappa shape index (κ2) is 7.56. The molecular weight excluding hydrogens is 258 g/mol. The van der Waals surface area contributed by atoms with E-state index in [0.29, 0.717) is 6.42 Å². The van der Waals surface area contributed by atoms with Crippen molar-refractivity contribution in [1.82, 2.24) is 9.88 Å². The molecule has 0 unspecified atom stereocenters. The summed E-state index contributed by atoms with van der Waals surface area (Å²) in [6.07, 6.45) is 4.22. The Kier molecular flexibility index (Phi) is 5.48. The zero-order valence-corrected chi connectivity index (χ0v) is 12.7. The van der Waals surface area contributed by atoms with Gasteiger partial charge in [0.05, 0.1) is 6.07 Å². The molecule has 0 atom stereocenters. The Morgan fingerprint density at radius 1 is 1.10 bits per heavy atom. The van der Waals surface area contributed by atoms with Gasteiger partial charge in [0.1, 0.15) is 0 Å². The van der Waals surface area contributed by atoms with E-state index in [1.54, 1.807) is 6.20 Å². The topological polar surface area (TPSA) is 39.9 Å². The molecule has 0 saturated carbocycles. The van der Waals surface area contributed by atoms with E-state index >= 15 is 0 Å². The van der Waals surface area contributed by atoms with E-state index in [2.05, 4.69) is 54.1 Å². The average molecular weight is 279 g/mol. The van der Waals surface area contributed by atoms with Gasteiger partial charge in [-0.15, -0.1) is 0 Å². The molecule has 1 aromatic heterocycles. The predicted octanol–water partition coefficient (Wildman–Crippen LogP) is 3.61. The number of nitrogens with zero attached hydrogens (tertiary/aromatic N) is 3. The van der Waals surface area contributed by atoms with Gasteiger partial charge in [-0.05, 0) is 42.2 Å². The Balaban J connectivity index is 2.08. The predicted molar refractivity (Wildman–Crippen MR) is 84.5 cm³/mol. The van der Waals surface area contributed by atoms with Gasteiger partial charge in [-0.25, -0.2) is 0 Å². The highest BCUT2D eigenvalue weighted by Crippen LogP contribution is 2.14. The molecule has 0 fully saturated rings. The molecule has 1 heterocycles. The average Bonchev–Trinajstić information content (AvgIpc) is 2.49. The van der Waals surface area contributed by atoms with Crippen molar-refractivity contribution in [2.75, 3.05) is 6.54 Å². The fraction of sp³-hybridized carbons (Fsp3) is 0.333. The van der Waals surface area contributed by atoms with Crippen molar-refractivity contribution in [3.05, 3.63) is 65.0 Å². The Hall–Kier alpha value is -2.18. The summed E-state index contributed by atoms with van der Waals surface area (Å²) in [4.78, 5) is 6.46. The number of benzene rings is 1. The Morgan fingerprint density at radius 3 is 2.57 bits per heavy atom. The van der Waals surface area contributed by atoms with Crippen LogP contribution in [0.3, 0.4) is 0 Å². The lowest BCUT2D eigenvalue weighted by molar-refractivity contribution is 0.262. The smallest absolute Gasteiger partial charge is 0.0635 e. The molecule has 1 aromatic carbocycles. The van der Waals surface area contributed by atoms with Crippen LogP contribution in [0, 0.1) is 25.2 Å². The Morgan fingerprint density at radius 2 is 1.90 bits per heavy atom. The number of nitriles is 1. The standard InChI is InChI=1S/C18H21N3/c1-15-6-7-17(11-16(15)2)13-21(10-4-8-19)14-18-5-3-9-20-12-18/h3,5-7,9,11-12H,4,10,13-14H2,1-2H3. The van der Waals surface area contributed by atoms with Gasteiger partial charge >= 0.3 is 0 Å². The van der Waals surface area contributed by atoms with Crippen molar-refractivity contribution in [2.45, 2.75) is 33.4 Å². The number of aromatic nitrogens is 1. The first kappa shape index (κ1) is 15.2. The van der Waals surface area contributed by atoms with Crippen LogP contribution in [-0.4, -0.2) is 16.4 Å². The lowest BCUT2D eigenvalue weighted by Gasteiger charge is -2.21. The molecule has 0 saturated heterocycles. The van der Waals surface area contributed by atoms with E-state index in [0.717, 1.165) is 19.6 Å². The SMILES string of the molecule is Cc1ccc(CN(CCC#N)Cc2cccnc2)cc1C. The van der Waals surface area contributed by atoms with Gasteiger partial charge in [0.15, 0.2) is 0 Å². The molecule has 0 amide bonds. The van der Waals surface area contributed by atoms with Crippen LogP contribution in [0.5, 0.6) is 0 Å². The first-order valence-corrected chi connectivity index (χ1v) is 7.23. The molecule has 0 bridgehead atoms. The summed E-state index contributed by atoms with van der Waals surface area (Å²) >= 11 is 0. The van der Waals surface area contributed by atoms with Gasteiger partial charge in [0, 0.05) is 38.4 Å². The van der Waals surface area contributed by atoms with Crippen LogP contribution in [0.25, 0.3) is 0 Å². The van der Waals surface area contributed by atoms with E-state index < -0.39 is 0 Å². The summed E-state index contributed by atoms with van der Waals surface area (Å²) in [5, 5.41) is 8.84. The van der Waals surface area contributed by atoms with Gasteiger partial charge in [0.2, 0.25) is 0 Å². The van der Waals surface area contributed by atoms with Crippen LogP contribution in [0.4, 0.5) is 0 Å². The van der Waals surface area contributed by atoms with E-state index in [-0.39, 0.29) is 0 Å². The van der Waals surface area contributed by atoms with Crippen molar-refractivity contribution >= 4 is 0 Å².